The van der Waals surface area contributed by atoms with Crippen molar-refractivity contribution < 1.29 is 9.90 Å². The first kappa shape index (κ1) is 17.4. The SMILES string of the molecule is CN1CCC(O)(Cc2sccc2C(=O)N(C)C(C)(C)C)CC1. The van der Waals surface area contributed by atoms with Crippen molar-refractivity contribution in [2.24, 2.45) is 0 Å². The molecule has 0 aliphatic carbocycles. The zero-order valence-electron chi connectivity index (χ0n) is 14.3. The third-order valence-corrected chi connectivity index (χ3v) is 5.61. The van der Waals surface area contributed by atoms with Gasteiger partial charge in [-0.25, -0.2) is 0 Å². The molecule has 1 aromatic rings. The van der Waals surface area contributed by atoms with Crippen LogP contribution in [-0.2, 0) is 6.42 Å². The number of carbonyl (C=O) groups is 1. The van der Waals surface area contributed by atoms with Crippen molar-refractivity contribution in [3.8, 4) is 0 Å². The molecule has 1 saturated heterocycles. The van der Waals surface area contributed by atoms with Crippen molar-refractivity contribution in [1.82, 2.24) is 9.80 Å². The van der Waals surface area contributed by atoms with Crippen LogP contribution < -0.4 is 0 Å². The molecule has 1 aromatic heterocycles. The molecular weight excluding hydrogens is 296 g/mol. The van der Waals surface area contributed by atoms with Crippen LogP contribution in [0.3, 0.4) is 0 Å². The van der Waals surface area contributed by atoms with Gasteiger partial charge in [-0.3, -0.25) is 4.79 Å². The van der Waals surface area contributed by atoms with E-state index in [1.165, 1.54) is 0 Å². The summed E-state index contributed by atoms with van der Waals surface area (Å²) in [5.74, 6) is 0.0419. The maximum Gasteiger partial charge on any atom is 0.255 e. The van der Waals surface area contributed by atoms with Gasteiger partial charge < -0.3 is 14.9 Å². The first-order chi connectivity index (χ1) is 10.1. The second kappa shape index (κ2) is 6.30. The Morgan fingerprint density at radius 1 is 1.41 bits per heavy atom. The Bertz CT molecular complexity index is 525. The summed E-state index contributed by atoms with van der Waals surface area (Å²) < 4.78 is 0. The molecule has 22 heavy (non-hydrogen) atoms. The van der Waals surface area contributed by atoms with E-state index in [4.69, 9.17) is 0 Å². The lowest BCUT2D eigenvalue weighted by atomic mass is 9.87. The summed E-state index contributed by atoms with van der Waals surface area (Å²) >= 11 is 1.58. The number of hydrogen-bond donors (Lipinski definition) is 1. The summed E-state index contributed by atoms with van der Waals surface area (Å²) in [6.07, 6.45) is 2.12. The predicted molar refractivity (Wildman–Crippen MR) is 91.6 cm³/mol. The summed E-state index contributed by atoms with van der Waals surface area (Å²) in [4.78, 5) is 17.7. The summed E-state index contributed by atoms with van der Waals surface area (Å²) in [5.41, 5.74) is -0.136. The van der Waals surface area contributed by atoms with Crippen LogP contribution >= 0.6 is 11.3 Å². The molecule has 0 saturated carbocycles. The monoisotopic (exact) mass is 324 g/mol. The zero-order valence-corrected chi connectivity index (χ0v) is 15.2. The van der Waals surface area contributed by atoms with E-state index >= 15 is 0 Å². The number of rotatable bonds is 3. The van der Waals surface area contributed by atoms with Crippen molar-refractivity contribution in [2.45, 2.75) is 51.2 Å². The molecule has 1 aliphatic rings. The van der Waals surface area contributed by atoms with Gasteiger partial charge in [-0.15, -0.1) is 11.3 Å². The molecule has 1 aliphatic heterocycles. The summed E-state index contributed by atoms with van der Waals surface area (Å²) in [6, 6.07) is 1.89. The summed E-state index contributed by atoms with van der Waals surface area (Å²) in [5, 5.41) is 12.8. The van der Waals surface area contributed by atoms with E-state index in [1.54, 1.807) is 16.2 Å². The lowest BCUT2D eigenvalue weighted by Gasteiger charge is -2.37. The van der Waals surface area contributed by atoms with Gasteiger partial charge in [0.15, 0.2) is 0 Å². The van der Waals surface area contributed by atoms with Crippen molar-refractivity contribution in [1.29, 1.82) is 0 Å². The number of piperidine rings is 1. The van der Waals surface area contributed by atoms with E-state index in [-0.39, 0.29) is 11.4 Å². The van der Waals surface area contributed by atoms with Gasteiger partial charge in [-0.2, -0.15) is 0 Å². The lowest BCUT2D eigenvalue weighted by Crippen LogP contribution is -2.45. The van der Waals surface area contributed by atoms with Gasteiger partial charge in [0.2, 0.25) is 0 Å². The molecule has 124 valence electrons. The molecule has 0 bridgehead atoms. The Morgan fingerprint density at radius 3 is 2.55 bits per heavy atom. The van der Waals surface area contributed by atoms with Crippen LogP contribution in [0.25, 0.3) is 0 Å². The predicted octanol–water partition coefficient (Wildman–Crippen LogP) is 2.62. The second-order valence-electron chi connectivity index (χ2n) is 7.50. The minimum Gasteiger partial charge on any atom is -0.389 e. The van der Waals surface area contributed by atoms with Gasteiger partial charge in [-0.05, 0) is 52.1 Å². The van der Waals surface area contributed by atoms with E-state index in [0.717, 1.165) is 36.4 Å². The molecule has 1 amide bonds. The molecule has 1 N–H and O–H groups in total. The van der Waals surface area contributed by atoms with Gasteiger partial charge in [-0.1, -0.05) is 0 Å². The molecule has 0 unspecified atom stereocenters. The summed E-state index contributed by atoms with van der Waals surface area (Å²) in [7, 11) is 3.92. The maximum atomic E-state index is 12.7. The molecule has 5 heteroatoms. The highest BCUT2D eigenvalue weighted by Gasteiger charge is 2.34. The first-order valence-corrected chi connectivity index (χ1v) is 8.76. The molecule has 2 rings (SSSR count). The highest BCUT2D eigenvalue weighted by Crippen LogP contribution is 2.30. The van der Waals surface area contributed by atoms with Crippen LogP contribution in [0.4, 0.5) is 0 Å². The Kier molecular flexibility index (Phi) is 5.00. The zero-order chi connectivity index (χ0) is 16.5. The molecule has 0 spiro atoms. The van der Waals surface area contributed by atoms with Crippen LogP contribution in [0.15, 0.2) is 11.4 Å². The number of amides is 1. The lowest BCUT2D eigenvalue weighted by molar-refractivity contribution is -0.0145. The molecule has 1 fully saturated rings. The largest absolute Gasteiger partial charge is 0.389 e. The minimum atomic E-state index is -0.674. The molecule has 0 aromatic carbocycles. The number of hydrogen-bond acceptors (Lipinski definition) is 4. The standard InChI is InChI=1S/C17H28N2O2S/c1-16(2,3)19(5)15(20)13-6-11-22-14(13)12-17(21)7-9-18(4)10-8-17/h6,11,21H,7-10,12H2,1-5H3. The van der Waals surface area contributed by atoms with E-state index in [0.29, 0.717) is 6.42 Å². The molecular formula is C17H28N2O2S. The van der Waals surface area contributed by atoms with Crippen molar-refractivity contribution in [3.63, 3.8) is 0 Å². The van der Waals surface area contributed by atoms with Crippen molar-refractivity contribution in [3.05, 3.63) is 21.9 Å². The third-order valence-electron chi connectivity index (χ3n) is 4.69. The molecule has 0 atom stereocenters. The fourth-order valence-electron chi connectivity index (χ4n) is 2.66. The van der Waals surface area contributed by atoms with Crippen LogP contribution in [0.2, 0.25) is 0 Å². The normalized spacial score (nSPS) is 19.2. The van der Waals surface area contributed by atoms with Crippen LogP contribution in [-0.4, -0.2) is 59.1 Å². The average Bonchev–Trinajstić information content (AvgIpc) is 2.87. The number of aliphatic hydroxyl groups is 1. The molecule has 2 heterocycles. The Morgan fingerprint density at radius 2 is 2.00 bits per heavy atom. The van der Waals surface area contributed by atoms with Gasteiger partial charge in [0.05, 0.1) is 11.2 Å². The fourth-order valence-corrected chi connectivity index (χ4v) is 3.67. The Balaban J connectivity index is 2.15. The molecule has 0 radical (unpaired) electrons. The van der Waals surface area contributed by atoms with Crippen LogP contribution in [0, 0.1) is 0 Å². The molecule has 4 nitrogen and oxygen atoms in total. The van der Waals surface area contributed by atoms with Crippen LogP contribution in [0.1, 0.15) is 48.8 Å². The highest BCUT2D eigenvalue weighted by atomic mass is 32.1. The van der Waals surface area contributed by atoms with E-state index < -0.39 is 5.60 Å². The van der Waals surface area contributed by atoms with Gasteiger partial charge >= 0.3 is 0 Å². The van der Waals surface area contributed by atoms with Gasteiger partial charge in [0.25, 0.3) is 5.91 Å². The van der Waals surface area contributed by atoms with Gasteiger partial charge in [0.1, 0.15) is 0 Å². The van der Waals surface area contributed by atoms with Crippen LogP contribution in [0.5, 0.6) is 0 Å². The number of carbonyl (C=O) groups excluding carboxylic acids is 1. The Hall–Kier alpha value is -0.910. The number of nitrogens with zero attached hydrogens (tertiary/aromatic N) is 2. The summed E-state index contributed by atoms with van der Waals surface area (Å²) in [6.45, 7) is 7.91. The highest BCUT2D eigenvalue weighted by molar-refractivity contribution is 7.10. The third kappa shape index (κ3) is 3.89. The maximum absolute atomic E-state index is 12.7. The van der Waals surface area contributed by atoms with Crippen molar-refractivity contribution >= 4 is 17.2 Å². The number of likely N-dealkylation sites (tertiary alicyclic amines) is 1. The fraction of sp³-hybridized carbons (Fsp3) is 0.706. The first-order valence-electron chi connectivity index (χ1n) is 7.88. The van der Waals surface area contributed by atoms with E-state index in [2.05, 4.69) is 11.9 Å². The topological polar surface area (TPSA) is 43.8 Å². The smallest absolute Gasteiger partial charge is 0.255 e. The quantitative estimate of drug-likeness (QED) is 0.929. The minimum absolute atomic E-state index is 0.0419. The van der Waals surface area contributed by atoms with E-state index in [1.807, 2.05) is 39.3 Å². The average molecular weight is 324 g/mol. The second-order valence-corrected chi connectivity index (χ2v) is 8.50. The van der Waals surface area contributed by atoms with E-state index in [9.17, 15) is 9.90 Å². The van der Waals surface area contributed by atoms with Crippen molar-refractivity contribution in [2.75, 3.05) is 27.2 Å². The van der Waals surface area contributed by atoms with Gasteiger partial charge in [0, 0.05) is 37.0 Å². The Labute approximate surface area is 137 Å². The number of thiophene rings is 1.